The van der Waals surface area contributed by atoms with Crippen molar-refractivity contribution in [3.8, 4) is 56.5 Å². The molecule has 0 radical (unpaired) electrons. The molecule has 0 bridgehead atoms. The highest BCUT2D eigenvalue weighted by Gasteiger charge is 2.18. The van der Waals surface area contributed by atoms with Crippen molar-refractivity contribution in [2.45, 2.75) is 0 Å². The Kier molecular flexibility index (Phi) is 6.96. The van der Waals surface area contributed by atoms with Crippen LogP contribution in [0.4, 0.5) is 0 Å². The zero-order chi connectivity index (χ0) is 33.7. The lowest BCUT2D eigenvalue weighted by Crippen LogP contribution is -2.00. The lowest BCUT2D eigenvalue weighted by molar-refractivity contribution is 1.07. The summed E-state index contributed by atoms with van der Waals surface area (Å²) in [5.74, 6) is 1.96. The fraction of sp³-hybridized carbons (Fsp3) is 0. The molecule has 5 heteroatoms. The molecule has 10 aromatic rings. The van der Waals surface area contributed by atoms with Crippen LogP contribution in [0.1, 0.15) is 0 Å². The van der Waals surface area contributed by atoms with E-state index in [1.165, 1.54) is 41.9 Å². The Morgan fingerprint density at radius 3 is 1.51 bits per heavy atom. The van der Waals surface area contributed by atoms with Gasteiger partial charge in [-0.1, -0.05) is 158 Å². The van der Waals surface area contributed by atoms with E-state index in [-0.39, 0.29) is 0 Å². The topological polar surface area (TPSA) is 51.6 Å². The number of fused-ring (bicyclic) bond motifs is 7. The van der Waals surface area contributed by atoms with Crippen molar-refractivity contribution in [2.24, 2.45) is 0 Å². The summed E-state index contributed by atoms with van der Waals surface area (Å²) < 4.78 is 2.55. The monoisotopic (exact) mass is 668 g/mol. The minimum absolute atomic E-state index is 0.648. The Hall–Kier alpha value is -6.56. The molecular weight excluding hydrogens is 641 g/mol. The number of nitrogens with zero attached hydrogens (tertiary/aromatic N) is 4. The van der Waals surface area contributed by atoms with E-state index < -0.39 is 0 Å². The lowest BCUT2D eigenvalue weighted by Gasteiger charge is -2.11. The molecule has 4 nitrogen and oxygen atoms in total. The fourth-order valence-corrected chi connectivity index (χ4v) is 8.40. The number of hydrogen-bond acceptors (Lipinski definition) is 5. The maximum atomic E-state index is 5.17. The van der Waals surface area contributed by atoms with Gasteiger partial charge in [-0.15, -0.1) is 11.3 Å². The van der Waals surface area contributed by atoms with Gasteiger partial charge in [0.15, 0.2) is 17.5 Å². The first-order valence-corrected chi connectivity index (χ1v) is 17.8. The Morgan fingerprint density at radius 2 is 0.863 bits per heavy atom. The van der Waals surface area contributed by atoms with E-state index in [0.29, 0.717) is 17.5 Å². The lowest BCUT2D eigenvalue weighted by atomic mass is 9.95. The van der Waals surface area contributed by atoms with Crippen LogP contribution in [-0.2, 0) is 0 Å². The molecular formula is C46H28N4S. The summed E-state index contributed by atoms with van der Waals surface area (Å²) >= 11 is 1.86. The Morgan fingerprint density at radius 1 is 0.333 bits per heavy atom. The van der Waals surface area contributed by atoms with Crippen LogP contribution < -0.4 is 0 Å². The highest BCUT2D eigenvalue weighted by Crippen LogP contribution is 2.46. The van der Waals surface area contributed by atoms with Gasteiger partial charge in [0.05, 0.1) is 11.2 Å². The van der Waals surface area contributed by atoms with Gasteiger partial charge in [-0.3, -0.25) is 0 Å². The molecule has 0 aliphatic heterocycles. The van der Waals surface area contributed by atoms with E-state index in [0.717, 1.165) is 39.0 Å². The maximum Gasteiger partial charge on any atom is 0.164 e. The predicted octanol–water partition coefficient (Wildman–Crippen LogP) is 12.3. The summed E-state index contributed by atoms with van der Waals surface area (Å²) in [4.78, 5) is 19.9. The van der Waals surface area contributed by atoms with Crippen LogP contribution >= 0.6 is 11.3 Å². The van der Waals surface area contributed by atoms with Gasteiger partial charge in [-0.05, 0) is 23.3 Å². The van der Waals surface area contributed by atoms with Gasteiger partial charge in [-0.2, -0.15) is 0 Å². The minimum atomic E-state index is 0.648. The summed E-state index contributed by atoms with van der Waals surface area (Å²) in [6.45, 7) is 0. The molecule has 0 N–H and O–H groups in total. The second-order valence-electron chi connectivity index (χ2n) is 12.6. The number of aromatic nitrogens is 4. The van der Waals surface area contributed by atoms with E-state index in [2.05, 4.69) is 109 Å². The first-order valence-electron chi connectivity index (χ1n) is 17.0. The van der Waals surface area contributed by atoms with Crippen LogP contribution in [0.15, 0.2) is 170 Å². The summed E-state index contributed by atoms with van der Waals surface area (Å²) in [5.41, 5.74) is 8.36. The average molecular weight is 669 g/mol. The van der Waals surface area contributed by atoms with Gasteiger partial charge in [0, 0.05) is 58.6 Å². The van der Waals surface area contributed by atoms with Crippen molar-refractivity contribution < 1.29 is 0 Å². The van der Waals surface area contributed by atoms with Gasteiger partial charge in [-0.25, -0.2) is 19.9 Å². The highest BCUT2D eigenvalue weighted by molar-refractivity contribution is 7.27. The van der Waals surface area contributed by atoms with Crippen LogP contribution in [0, 0.1) is 0 Å². The smallest absolute Gasteiger partial charge is 0.164 e. The highest BCUT2D eigenvalue weighted by atomic mass is 32.1. The predicted molar refractivity (Wildman–Crippen MR) is 213 cm³/mol. The number of thiophene rings is 1. The van der Waals surface area contributed by atoms with Gasteiger partial charge >= 0.3 is 0 Å². The zero-order valence-corrected chi connectivity index (χ0v) is 28.2. The van der Waals surface area contributed by atoms with Crippen molar-refractivity contribution >= 4 is 53.2 Å². The normalized spacial score (nSPS) is 11.5. The molecule has 0 aliphatic rings. The molecule has 0 amide bonds. The third-order valence-corrected chi connectivity index (χ3v) is 10.7. The Labute approximate surface area is 298 Å². The number of hydrogen-bond donors (Lipinski definition) is 0. The Bertz CT molecular complexity index is 2830. The van der Waals surface area contributed by atoms with E-state index in [1.54, 1.807) is 0 Å². The summed E-state index contributed by atoms with van der Waals surface area (Å²) in [6.07, 6.45) is 0. The molecule has 10 rings (SSSR count). The van der Waals surface area contributed by atoms with Crippen molar-refractivity contribution in [1.29, 1.82) is 0 Å². The molecule has 7 aromatic carbocycles. The quantitative estimate of drug-likeness (QED) is 0.171. The Balaban J connectivity index is 1.13. The number of benzene rings is 7. The molecule has 0 fully saturated rings. The SMILES string of the molecule is c1ccc(-c2nc(-c3ccccc3)nc(-c3ccc(-c4cccc5sc6c(ccc7c(-c8ccccc8)nc8ccccc8c76)c45)cc3)n2)cc1. The fourth-order valence-electron chi connectivity index (χ4n) is 7.11. The molecule has 238 valence electrons. The van der Waals surface area contributed by atoms with E-state index in [1.807, 2.05) is 72.0 Å². The van der Waals surface area contributed by atoms with Crippen LogP contribution in [0.2, 0.25) is 0 Å². The van der Waals surface area contributed by atoms with Crippen molar-refractivity contribution in [3.63, 3.8) is 0 Å². The van der Waals surface area contributed by atoms with E-state index >= 15 is 0 Å². The maximum absolute atomic E-state index is 5.17. The molecule has 0 aliphatic carbocycles. The first-order chi connectivity index (χ1) is 25.3. The summed E-state index contributed by atoms with van der Waals surface area (Å²) in [6, 6.07) is 59.1. The van der Waals surface area contributed by atoms with Gasteiger partial charge < -0.3 is 0 Å². The molecule has 0 atom stereocenters. The van der Waals surface area contributed by atoms with Crippen LogP contribution in [0.5, 0.6) is 0 Å². The van der Waals surface area contributed by atoms with Gasteiger partial charge in [0.2, 0.25) is 0 Å². The average Bonchev–Trinajstić information content (AvgIpc) is 3.61. The third-order valence-electron chi connectivity index (χ3n) is 9.53. The summed E-state index contributed by atoms with van der Waals surface area (Å²) in [5, 5.41) is 6.14. The number of pyridine rings is 1. The van der Waals surface area contributed by atoms with Gasteiger partial charge in [0.25, 0.3) is 0 Å². The molecule has 3 heterocycles. The van der Waals surface area contributed by atoms with Crippen LogP contribution in [0.25, 0.3) is 98.4 Å². The molecule has 0 saturated heterocycles. The third kappa shape index (κ3) is 5.06. The zero-order valence-electron chi connectivity index (χ0n) is 27.4. The minimum Gasteiger partial charge on any atom is -0.247 e. The van der Waals surface area contributed by atoms with Crippen LogP contribution in [0.3, 0.4) is 0 Å². The number of para-hydroxylation sites is 1. The summed E-state index contributed by atoms with van der Waals surface area (Å²) in [7, 11) is 0. The second-order valence-corrected chi connectivity index (χ2v) is 13.7. The largest absolute Gasteiger partial charge is 0.247 e. The van der Waals surface area contributed by atoms with Crippen LogP contribution in [-0.4, -0.2) is 19.9 Å². The molecule has 0 saturated carbocycles. The van der Waals surface area contributed by atoms with Crippen molar-refractivity contribution in [1.82, 2.24) is 19.9 Å². The van der Waals surface area contributed by atoms with Crippen molar-refractivity contribution in [3.05, 3.63) is 170 Å². The van der Waals surface area contributed by atoms with Gasteiger partial charge in [0.1, 0.15) is 0 Å². The standard InChI is InChI=1S/C46H28N4S/c1-4-13-30(14-5-1)42-36-27-28-37-40-34(20-12-22-39(40)51-43(37)41(36)35-19-10-11-21-38(35)47-42)29-23-25-33(26-24-29)46-49-44(31-15-6-2-7-16-31)48-45(50-46)32-17-8-3-9-18-32/h1-28H. The first kappa shape index (κ1) is 29.4. The van der Waals surface area contributed by atoms with E-state index in [9.17, 15) is 0 Å². The second kappa shape index (κ2) is 12.1. The molecule has 0 unspecified atom stereocenters. The number of rotatable bonds is 5. The molecule has 51 heavy (non-hydrogen) atoms. The molecule has 3 aromatic heterocycles. The molecule has 0 spiro atoms. The van der Waals surface area contributed by atoms with Crippen molar-refractivity contribution in [2.75, 3.05) is 0 Å². The van der Waals surface area contributed by atoms with E-state index in [4.69, 9.17) is 19.9 Å².